The highest BCUT2D eigenvalue weighted by Gasteiger charge is 2.29. The van der Waals surface area contributed by atoms with Crippen LogP contribution in [-0.4, -0.2) is 51.6 Å². The van der Waals surface area contributed by atoms with Gasteiger partial charge in [0.15, 0.2) is 0 Å². The first kappa shape index (κ1) is 16.4. The van der Waals surface area contributed by atoms with E-state index in [4.69, 9.17) is 5.73 Å². The monoisotopic (exact) mass is 291 g/mol. The van der Waals surface area contributed by atoms with Crippen LogP contribution in [0.5, 0.6) is 0 Å². The molecule has 0 bridgehead atoms. The second-order valence-corrected chi connectivity index (χ2v) is 7.58. The van der Waals surface area contributed by atoms with Crippen molar-refractivity contribution in [3.8, 4) is 0 Å². The zero-order valence-electron chi connectivity index (χ0n) is 11.8. The minimum absolute atomic E-state index is 0.0518. The third kappa shape index (κ3) is 4.74. The molecule has 2 unspecified atom stereocenters. The van der Waals surface area contributed by atoms with Gasteiger partial charge in [-0.2, -0.15) is 0 Å². The van der Waals surface area contributed by atoms with Crippen LogP contribution in [0.2, 0.25) is 0 Å². The van der Waals surface area contributed by atoms with Gasteiger partial charge in [-0.1, -0.05) is 12.8 Å². The lowest BCUT2D eigenvalue weighted by Crippen LogP contribution is -2.41. The minimum atomic E-state index is -3.25. The molecule has 0 aromatic rings. The van der Waals surface area contributed by atoms with E-state index in [0.29, 0.717) is 6.54 Å². The fourth-order valence-electron chi connectivity index (χ4n) is 2.45. The Bertz CT molecular complexity index is 395. The summed E-state index contributed by atoms with van der Waals surface area (Å²) in [6, 6.07) is 0. The Morgan fingerprint density at radius 1 is 1.32 bits per heavy atom. The molecule has 0 saturated heterocycles. The average molecular weight is 291 g/mol. The summed E-state index contributed by atoms with van der Waals surface area (Å²) in [6.45, 7) is 0.682. The Morgan fingerprint density at radius 3 is 2.53 bits per heavy atom. The lowest BCUT2D eigenvalue weighted by Gasteiger charge is -2.29. The SMILES string of the molecule is CN(C)S(=O)(=O)CCNC(=O)C1CCCCC1CN. The highest BCUT2D eigenvalue weighted by atomic mass is 32.2. The van der Waals surface area contributed by atoms with Gasteiger partial charge in [-0.3, -0.25) is 4.79 Å². The summed E-state index contributed by atoms with van der Waals surface area (Å²) in [5.41, 5.74) is 5.69. The largest absolute Gasteiger partial charge is 0.355 e. The molecule has 0 aromatic carbocycles. The first-order valence-electron chi connectivity index (χ1n) is 6.76. The number of hydrogen-bond acceptors (Lipinski definition) is 4. The van der Waals surface area contributed by atoms with Crippen LogP contribution in [0.15, 0.2) is 0 Å². The Morgan fingerprint density at radius 2 is 1.95 bits per heavy atom. The molecular weight excluding hydrogens is 266 g/mol. The van der Waals surface area contributed by atoms with E-state index in [9.17, 15) is 13.2 Å². The van der Waals surface area contributed by atoms with Gasteiger partial charge in [0.2, 0.25) is 15.9 Å². The Hall–Kier alpha value is -0.660. The van der Waals surface area contributed by atoms with Crippen molar-refractivity contribution in [2.24, 2.45) is 17.6 Å². The Kier molecular flexibility index (Phi) is 6.22. The van der Waals surface area contributed by atoms with E-state index < -0.39 is 10.0 Å². The summed E-state index contributed by atoms with van der Waals surface area (Å²) in [4.78, 5) is 12.0. The van der Waals surface area contributed by atoms with Crippen molar-refractivity contribution in [3.05, 3.63) is 0 Å². The molecule has 6 nitrogen and oxygen atoms in total. The van der Waals surface area contributed by atoms with Crippen LogP contribution in [0.1, 0.15) is 25.7 Å². The molecule has 0 radical (unpaired) electrons. The van der Waals surface area contributed by atoms with Gasteiger partial charge < -0.3 is 11.1 Å². The van der Waals surface area contributed by atoms with Crippen molar-refractivity contribution in [2.45, 2.75) is 25.7 Å². The lowest BCUT2D eigenvalue weighted by molar-refractivity contribution is -0.127. The zero-order chi connectivity index (χ0) is 14.5. The molecule has 1 amide bonds. The van der Waals surface area contributed by atoms with Crippen molar-refractivity contribution in [1.29, 1.82) is 0 Å². The molecule has 1 saturated carbocycles. The highest BCUT2D eigenvalue weighted by Crippen LogP contribution is 2.29. The number of rotatable bonds is 6. The van der Waals surface area contributed by atoms with Crippen molar-refractivity contribution in [1.82, 2.24) is 9.62 Å². The lowest BCUT2D eigenvalue weighted by atomic mass is 9.79. The van der Waals surface area contributed by atoms with Gasteiger partial charge in [0.25, 0.3) is 0 Å². The number of sulfonamides is 1. The number of carbonyl (C=O) groups excluding carboxylic acids is 1. The van der Waals surface area contributed by atoms with Crippen LogP contribution < -0.4 is 11.1 Å². The van der Waals surface area contributed by atoms with Crippen LogP contribution >= 0.6 is 0 Å². The van der Waals surface area contributed by atoms with E-state index in [1.807, 2.05) is 0 Å². The smallest absolute Gasteiger partial charge is 0.223 e. The molecular formula is C12H25N3O3S. The second kappa shape index (κ2) is 7.21. The van der Waals surface area contributed by atoms with Crippen LogP contribution in [0.25, 0.3) is 0 Å². The molecule has 0 heterocycles. The first-order valence-corrected chi connectivity index (χ1v) is 8.37. The number of hydrogen-bond donors (Lipinski definition) is 2. The molecule has 2 atom stereocenters. The molecule has 0 aliphatic heterocycles. The van der Waals surface area contributed by atoms with Crippen molar-refractivity contribution < 1.29 is 13.2 Å². The van der Waals surface area contributed by atoms with Crippen LogP contribution in [0, 0.1) is 11.8 Å². The van der Waals surface area contributed by atoms with Gasteiger partial charge in [0, 0.05) is 26.6 Å². The fraction of sp³-hybridized carbons (Fsp3) is 0.917. The molecule has 3 N–H and O–H groups in total. The normalized spacial score (nSPS) is 24.4. The molecule has 7 heteroatoms. The molecule has 1 aliphatic carbocycles. The number of carbonyl (C=O) groups is 1. The molecule has 1 aliphatic rings. The van der Waals surface area contributed by atoms with Crippen LogP contribution in [0.3, 0.4) is 0 Å². The molecule has 1 fully saturated rings. The molecule has 0 aromatic heterocycles. The highest BCUT2D eigenvalue weighted by molar-refractivity contribution is 7.89. The van der Waals surface area contributed by atoms with Gasteiger partial charge in [-0.05, 0) is 25.3 Å². The third-order valence-corrected chi connectivity index (χ3v) is 5.60. The predicted molar refractivity (Wildman–Crippen MR) is 75.0 cm³/mol. The first-order chi connectivity index (χ1) is 8.88. The van der Waals surface area contributed by atoms with Crippen molar-refractivity contribution >= 4 is 15.9 Å². The second-order valence-electron chi connectivity index (χ2n) is 5.28. The predicted octanol–water partition coefficient (Wildman–Crippen LogP) is -0.241. The Balaban J connectivity index is 2.42. The van der Waals surface area contributed by atoms with Gasteiger partial charge in [-0.15, -0.1) is 0 Å². The molecule has 0 spiro atoms. The number of nitrogens with zero attached hydrogens (tertiary/aromatic N) is 1. The average Bonchev–Trinajstić information content (AvgIpc) is 2.38. The van der Waals surface area contributed by atoms with Gasteiger partial charge in [0.1, 0.15) is 0 Å². The maximum atomic E-state index is 12.0. The Labute approximate surface area is 115 Å². The maximum Gasteiger partial charge on any atom is 0.223 e. The van der Waals surface area contributed by atoms with Crippen molar-refractivity contribution in [2.75, 3.05) is 32.9 Å². The van der Waals surface area contributed by atoms with Crippen molar-refractivity contribution in [3.63, 3.8) is 0 Å². The third-order valence-electron chi connectivity index (χ3n) is 3.76. The zero-order valence-corrected chi connectivity index (χ0v) is 12.6. The van der Waals surface area contributed by atoms with E-state index in [0.717, 1.165) is 25.7 Å². The van der Waals surface area contributed by atoms with E-state index >= 15 is 0 Å². The maximum absolute atomic E-state index is 12.0. The van der Waals surface area contributed by atoms with E-state index in [1.165, 1.54) is 18.4 Å². The molecule has 19 heavy (non-hydrogen) atoms. The summed E-state index contributed by atoms with van der Waals surface area (Å²) < 4.78 is 24.3. The summed E-state index contributed by atoms with van der Waals surface area (Å²) in [7, 11) is -0.272. The van der Waals surface area contributed by atoms with Gasteiger partial charge >= 0.3 is 0 Å². The van der Waals surface area contributed by atoms with Gasteiger partial charge in [0.05, 0.1) is 5.75 Å². The summed E-state index contributed by atoms with van der Waals surface area (Å²) in [6.07, 6.45) is 4.02. The molecule has 112 valence electrons. The topological polar surface area (TPSA) is 92.5 Å². The number of nitrogens with one attached hydrogen (secondary N) is 1. The minimum Gasteiger partial charge on any atom is -0.355 e. The number of nitrogens with two attached hydrogens (primary N) is 1. The van der Waals surface area contributed by atoms with E-state index in [2.05, 4.69) is 5.32 Å². The summed E-state index contributed by atoms with van der Waals surface area (Å²) >= 11 is 0. The number of amides is 1. The molecule has 1 rings (SSSR count). The standard InChI is InChI=1S/C12H25N3O3S/c1-15(2)19(17,18)8-7-14-12(16)11-6-4-3-5-10(11)9-13/h10-11H,3-9,13H2,1-2H3,(H,14,16). The van der Waals surface area contributed by atoms with E-state index in [-0.39, 0.29) is 30.0 Å². The van der Waals surface area contributed by atoms with Crippen LogP contribution in [-0.2, 0) is 14.8 Å². The summed E-state index contributed by atoms with van der Waals surface area (Å²) in [5.74, 6) is 0.0651. The quantitative estimate of drug-likeness (QED) is 0.706. The fourth-order valence-corrected chi connectivity index (χ4v) is 3.18. The van der Waals surface area contributed by atoms with E-state index in [1.54, 1.807) is 0 Å². The van der Waals surface area contributed by atoms with Crippen LogP contribution in [0.4, 0.5) is 0 Å². The summed E-state index contributed by atoms with van der Waals surface area (Å²) in [5, 5.41) is 2.73. The van der Waals surface area contributed by atoms with Gasteiger partial charge in [-0.25, -0.2) is 12.7 Å².